The topological polar surface area (TPSA) is 102 Å². The molecule has 0 fully saturated rings. The summed E-state index contributed by atoms with van der Waals surface area (Å²) in [5, 5.41) is 14.1. The van der Waals surface area contributed by atoms with Crippen molar-refractivity contribution in [2.75, 3.05) is 26.0 Å². The number of nitrogens with one attached hydrogen (secondary N) is 1. The number of benzene rings is 1. The third-order valence-electron chi connectivity index (χ3n) is 2.83. The smallest absolute Gasteiger partial charge is 0.292 e. The fraction of sp³-hybridized carbons (Fsp3) is 0.462. The number of hydrogen-bond donors (Lipinski definition) is 2. The van der Waals surface area contributed by atoms with E-state index in [1.165, 1.54) is 23.1 Å². The van der Waals surface area contributed by atoms with Gasteiger partial charge in [0, 0.05) is 37.8 Å². The average Bonchev–Trinajstić information content (AvgIpc) is 2.36. The Balaban J connectivity index is 3.26. The van der Waals surface area contributed by atoms with E-state index in [9.17, 15) is 14.9 Å². The van der Waals surface area contributed by atoms with E-state index in [4.69, 9.17) is 5.73 Å². The summed E-state index contributed by atoms with van der Waals surface area (Å²) in [4.78, 5) is 23.9. The predicted octanol–water partition coefficient (Wildman–Crippen LogP) is 1.45. The van der Waals surface area contributed by atoms with Crippen LogP contribution < -0.4 is 11.1 Å². The molecule has 0 aliphatic rings. The first kappa shape index (κ1) is 15.9. The minimum absolute atomic E-state index is 0.0816. The van der Waals surface area contributed by atoms with Crippen LogP contribution in [0.3, 0.4) is 0 Å². The molecule has 1 rings (SSSR count). The van der Waals surface area contributed by atoms with Crippen molar-refractivity contribution in [3.8, 4) is 0 Å². The number of rotatable bonds is 5. The molecule has 110 valence electrons. The molecular formula is C13H20N4O3. The van der Waals surface area contributed by atoms with Crippen LogP contribution in [0.5, 0.6) is 0 Å². The molecule has 7 nitrogen and oxygen atoms in total. The van der Waals surface area contributed by atoms with E-state index in [-0.39, 0.29) is 17.3 Å². The zero-order valence-corrected chi connectivity index (χ0v) is 12.1. The van der Waals surface area contributed by atoms with Crippen LogP contribution in [0.25, 0.3) is 0 Å². The quantitative estimate of drug-likeness (QED) is 0.627. The van der Waals surface area contributed by atoms with Gasteiger partial charge in [0.15, 0.2) is 0 Å². The van der Waals surface area contributed by atoms with Crippen LogP contribution in [-0.4, -0.2) is 41.9 Å². The Labute approximate surface area is 117 Å². The monoisotopic (exact) mass is 280 g/mol. The minimum Gasteiger partial charge on any atom is -0.373 e. The lowest BCUT2D eigenvalue weighted by atomic mass is 10.0. The van der Waals surface area contributed by atoms with Gasteiger partial charge in [0.05, 0.1) is 4.92 Å². The van der Waals surface area contributed by atoms with Crippen LogP contribution in [-0.2, 0) is 0 Å². The lowest BCUT2D eigenvalue weighted by Gasteiger charge is -2.25. The molecule has 0 bridgehead atoms. The van der Waals surface area contributed by atoms with Gasteiger partial charge in [-0.1, -0.05) is 0 Å². The number of anilines is 1. The number of hydrogen-bond acceptors (Lipinski definition) is 5. The first-order valence-electron chi connectivity index (χ1n) is 6.16. The average molecular weight is 280 g/mol. The Hall–Kier alpha value is -2.15. The number of nitrogens with two attached hydrogens (primary N) is 1. The molecule has 3 N–H and O–H groups in total. The van der Waals surface area contributed by atoms with Crippen molar-refractivity contribution in [1.29, 1.82) is 0 Å². The van der Waals surface area contributed by atoms with E-state index in [2.05, 4.69) is 5.32 Å². The summed E-state index contributed by atoms with van der Waals surface area (Å²) in [5.74, 6) is -0.214. The number of carbonyl (C=O) groups excluding carboxylic acids is 1. The SMILES string of the molecule is CN(C)C(=O)c1ccc([N+](=O)[O-])c(NC(C)(C)CN)c1. The van der Waals surface area contributed by atoms with E-state index in [1.54, 1.807) is 14.1 Å². The molecule has 0 saturated carbocycles. The van der Waals surface area contributed by atoms with Gasteiger partial charge >= 0.3 is 0 Å². The number of amides is 1. The summed E-state index contributed by atoms with van der Waals surface area (Å²) in [6.07, 6.45) is 0. The standard InChI is InChI=1S/C13H20N4O3/c1-13(2,8-14)15-10-7-9(12(18)16(3)4)5-6-11(10)17(19)20/h5-7,15H,8,14H2,1-4H3. The highest BCUT2D eigenvalue weighted by Gasteiger charge is 2.23. The molecule has 0 unspecified atom stereocenters. The first-order valence-corrected chi connectivity index (χ1v) is 6.16. The van der Waals surface area contributed by atoms with Gasteiger partial charge in [-0.2, -0.15) is 0 Å². The normalized spacial score (nSPS) is 11.1. The summed E-state index contributed by atoms with van der Waals surface area (Å²) < 4.78 is 0. The van der Waals surface area contributed by atoms with Gasteiger partial charge in [-0.15, -0.1) is 0 Å². The maximum atomic E-state index is 11.9. The van der Waals surface area contributed by atoms with Crippen molar-refractivity contribution in [2.24, 2.45) is 5.73 Å². The predicted molar refractivity (Wildman–Crippen MR) is 77.9 cm³/mol. The molecule has 1 aromatic rings. The van der Waals surface area contributed by atoms with E-state index >= 15 is 0 Å². The van der Waals surface area contributed by atoms with Crippen LogP contribution in [0.2, 0.25) is 0 Å². The molecule has 0 aliphatic heterocycles. The molecule has 1 amide bonds. The number of nitro benzene ring substituents is 1. The van der Waals surface area contributed by atoms with Gasteiger partial charge in [-0.25, -0.2) is 0 Å². The van der Waals surface area contributed by atoms with Crippen molar-refractivity contribution in [3.05, 3.63) is 33.9 Å². The second-order valence-electron chi connectivity index (χ2n) is 5.40. The van der Waals surface area contributed by atoms with Crippen molar-refractivity contribution >= 4 is 17.3 Å². The maximum absolute atomic E-state index is 11.9. The summed E-state index contributed by atoms with van der Waals surface area (Å²) >= 11 is 0. The Kier molecular flexibility index (Phi) is 4.67. The summed E-state index contributed by atoms with van der Waals surface area (Å²) in [7, 11) is 3.25. The Bertz CT molecular complexity index is 526. The van der Waals surface area contributed by atoms with Crippen LogP contribution in [0.4, 0.5) is 11.4 Å². The molecule has 0 saturated heterocycles. The largest absolute Gasteiger partial charge is 0.373 e. The van der Waals surface area contributed by atoms with Crippen LogP contribution in [0.1, 0.15) is 24.2 Å². The number of nitrogens with zero attached hydrogens (tertiary/aromatic N) is 2. The Morgan fingerprint density at radius 1 is 1.45 bits per heavy atom. The van der Waals surface area contributed by atoms with E-state index in [0.717, 1.165) is 0 Å². The van der Waals surface area contributed by atoms with Crippen LogP contribution >= 0.6 is 0 Å². The highest BCUT2D eigenvalue weighted by molar-refractivity contribution is 5.95. The van der Waals surface area contributed by atoms with Gasteiger partial charge in [0.2, 0.25) is 0 Å². The van der Waals surface area contributed by atoms with Crippen LogP contribution in [0, 0.1) is 10.1 Å². The lowest BCUT2D eigenvalue weighted by Crippen LogP contribution is -2.39. The third-order valence-corrected chi connectivity index (χ3v) is 2.83. The number of carbonyl (C=O) groups is 1. The maximum Gasteiger partial charge on any atom is 0.292 e. The Morgan fingerprint density at radius 3 is 2.50 bits per heavy atom. The number of nitro groups is 1. The van der Waals surface area contributed by atoms with E-state index in [1.807, 2.05) is 13.8 Å². The minimum atomic E-state index is -0.509. The highest BCUT2D eigenvalue weighted by Crippen LogP contribution is 2.28. The van der Waals surface area contributed by atoms with Crippen molar-refractivity contribution in [3.63, 3.8) is 0 Å². The Morgan fingerprint density at radius 2 is 2.05 bits per heavy atom. The van der Waals surface area contributed by atoms with E-state index < -0.39 is 10.5 Å². The van der Waals surface area contributed by atoms with Gasteiger partial charge in [0.1, 0.15) is 5.69 Å². The van der Waals surface area contributed by atoms with Gasteiger partial charge in [-0.3, -0.25) is 14.9 Å². The van der Waals surface area contributed by atoms with Gasteiger partial charge in [0.25, 0.3) is 11.6 Å². The van der Waals surface area contributed by atoms with Crippen molar-refractivity contribution in [2.45, 2.75) is 19.4 Å². The second-order valence-corrected chi connectivity index (χ2v) is 5.40. The third kappa shape index (κ3) is 3.67. The molecule has 0 heterocycles. The van der Waals surface area contributed by atoms with Crippen LogP contribution in [0.15, 0.2) is 18.2 Å². The lowest BCUT2D eigenvalue weighted by molar-refractivity contribution is -0.384. The molecule has 0 atom stereocenters. The van der Waals surface area contributed by atoms with Gasteiger partial charge < -0.3 is 16.0 Å². The first-order chi connectivity index (χ1) is 9.18. The molecule has 20 heavy (non-hydrogen) atoms. The molecule has 0 radical (unpaired) electrons. The molecule has 1 aromatic carbocycles. The summed E-state index contributed by atoms with van der Waals surface area (Å²) in [6, 6.07) is 4.25. The fourth-order valence-corrected chi connectivity index (χ4v) is 1.60. The van der Waals surface area contributed by atoms with Crippen molar-refractivity contribution in [1.82, 2.24) is 4.90 Å². The molecule has 0 spiro atoms. The summed E-state index contributed by atoms with van der Waals surface area (Å²) in [6.45, 7) is 3.96. The zero-order chi connectivity index (χ0) is 15.5. The van der Waals surface area contributed by atoms with E-state index in [0.29, 0.717) is 12.1 Å². The van der Waals surface area contributed by atoms with Gasteiger partial charge in [-0.05, 0) is 26.0 Å². The zero-order valence-electron chi connectivity index (χ0n) is 12.1. The second kappa shape index (κ2) is 5.87. The molecule has 7 heteroatoms. The molecule has 0 aliphatic carbocycles. The molecule has 0 aromatic heterocycles. The summed E-state index contributed by atoms with van der Waals surface area (Å²) in [5.41, 5.74) is 5.70. The fourth-order valence-electron chi connectivity index (χ4n) is 1.60. The van der Waals surface area contributed by atoms with Crippen molar-refractivity contribution < 1.29 is 9.72 Å². The highest BCUT2D eigenvalue weighted by atomic mass is 16.6. The molecular weight excluding hydrogens is 260 g/mol.